The number of ether oxygens (including phenoxy) is 1. The highest BCUT2D eigenvalue weighted by Crippen LogP contribution is 2.37. The summed E-state index contributed by atoms with van der Waals surface area (Å²) in [6, 6.07) is 5.74. The predicted molar refractivity (Wildman–Crippen MR) is 80.8 cm³/mol. The molecule has 0 radical (unpaired) electrons. The highest BCUT2D eigenvalue weighted by Gasteiger charge is 2.51. The normalized spacial score (nSPS) is 23.9. The highest BCUT2D eigenvalue weighted by atomic mass is 35.5. The van der Waals surface area contributed by atoms with Gasteiger partial charge >= 0.3 is 7.12 Å². The quantitative estimate of drug-likeness (QED) is 0.801. The van der Waals surface area contributed by atoms with Gasteiger partial charge in [-0.1, -0.05) is 17.7 Å². The molecule has 1 aliphatic heterocycles. The summed E-state index contributed by atoms with van der Waals surface area (Å²) in [6.45, 7) is 8.16. The van der Waals surface area contributed by atoms with E-state index in [4.69, 9.17) is 25.6 Å². The van der Waals surface area contributed by atoms with Crippen molar-refractivity contribution < 1.29 is 14.0 Å². The predicted octanol–water partition coefficient (Wildman–Crippen LogP) is 3.18. The van der Waals surface area contributed by atoms with Crippen LogP contribution in [-0.4, -0.2) is 24.4 Å². The van der Waals surface area contributed by atoms with E-state index in [0.29, 0.717) is 11.1 Å². The molecular weight excluding hydrogens is 274 g/mol. The molecule has 0 spiro atoms. The third-order valence-electron chi connectivity index (χ3n) is 4.30. The molecule has 1 heterocycles. The lowest BCUT2D eigenvalue weighted by molar-refractivity contribution is 0.00578. The summed E-state index contributed by atoms with van der Waals surface area (Å²) in [6.07, 6.45) is 2.58. The number of rotatable bonds is 3. The van der Waals surface area contributed by atoms with Crippen molar-refractivity contribution in [1.29, 1.82) is 0 Å². The molecule has 0 N–H and O–H groups in total. The van der Waals surface area contributed by atoms with Gasteiger partial charge in [-0.2, -0.15) is 0 Å². The average Bonchev–Trinajstić information content (AvgIpc) is 3.10. The average molecular weight is 295 g/mol. The standard InChI is InChI=1S/C15H20BClO3/c1-14(2)15(3,4)20-16(19-14)10-5-8-13(12(17)9-10)18-11-6-7-11/h5,8-9,11H,6-7H2,1-4H3. The first-order chi connectivity index (χ1) is 9.28. The van der Waals surface area contributed by atoms with E-state index in [9.17, 15) is 0 Å². The largest absolute Gasteiger partial charge is 0.494 e. The third-order valence-corrected chi connectivity index (χ3v) is 4.59. The SMILES string of the molecule is CC1(C)OB(c2ccc(OC3CC3)c(Cl)c2)OC1(C)C. The van der Waals surface area contributed by atoms with Crippen LogP contribution in [-0.2, 0) is 9.31 Å². The molecule has 1 saturated heterocycles. The molecule has 20 heavy (non-hydrogen) atoms. The molecule has 2 fully saturated rings. The van der Waals surface area contributed by atoms with E-state index in [2.05, 4.69) is 0 Å². The molecule has 108 valence electrons. The first-order valence-corrected chi connectivity index (χ1v) is 7.48. The van der Waals surface area contributed by atoms with E-state index in [-0.39, 0.29) is 18.3 Å². The zero-order valence-corrected chi connectivity index (χ0v) is 13.2. The first kappa shape index (κ1) is 14.2. The van der Waals surface area contributed by atoms with Gasteiger partial charge in [-0.3, -0.25) is 0 Å². The third kappa shape index (κ3) is 2.57. The Morgan fingerprint density at radius 1 is 1.15 bits per heavy atom. The van der Waals surface area contributed by atoms with Crippen molar-refractivity contribution in [2.24, 2.45) is 0 Å². The summed E-state index contributed by atoms with van der Waals surface area (Å²) in [4.78, 5) is 0. The second-order valence-electron chi connectivity index (χ2n) is 6.60. The molecule has 0 amide bonds. The second kappa shape index (κ2) is 4.65. The molecule has 5 heteroatoms. The fourth-order valence-corrected chi connectivity index (χ4v) is 2.34. The van der Waals surface area contributed by atoms with Crippen LogP contribution in [0.1, 0.15) is 40.5 Å². The zero-order valence-electron chi connectivity index (χ0n) is 12.4. The minimum absolute atomic E-state index is 0.340. The van der Waals surface area contributed by atoms with Gasteiger partial charge in [0.25, 0.3) is 0 Å². The molecule has 3 nitrogen and oxygen atoms in total. The lowest BCUT2D eigenvalue weighted by Crippen LogP contribution is -2.41. The van der Waals surface area contributed by atoms with E-state index in [1.54, 1.807) is 0 Å². The zero-order chi connectivity index (χ0) is 14.5. The Bertz CT molecular complexity index is 510. The monoisotopic (exact) mass is 294 g/mol. The van der Waals surface area contributed by atoms with Gasteiger partial charge in [0.15, 0.2) is 0 Å². The van der Waals surface area contributed by atoms with Gasteiger partial charge in [0.2, 0.25) is 0 Å². The lowest BCUT2D eigenvalue weighted by atomic mass is 9.79. The topological polar surface area (TPSA) is 27.7 Å². The van der Waals surface area contributed by atoms with Crippen LogP contribution < -0.4 is 10.2 Å². The summed E-state index contributed by atoms with van der Waals surface area (Å²) >= 11 is 6.29. The molecule has 2 aliphatic rings. The van der Waals surface area contributed by atoms with Gasteiger partial charge in [0.1, 0.15) is 5.75 Å². The van der Waals surface area contributed by atoms with Crippen molar-refractivity contribution >= 4 is 24.2 Å². The number of hydrogen-bond donors (Lipinski definition) is 0. The number of hydrogen-bond acceptors (Lipinski definition) is 3. The van der Waals surface area contributed by atoms with Gasteiger partial charge in [0, 0.05) is 0 Å². The van der Waals surface area contributed by atoms with Crippen molar-refractivity contribution in [3.63, 3.8) is 0 Å². The molecule has 0 atom stereocenters. The van der Waals surface area contributed by atoms with Crippen molar-refractivity contribution in [3.8, 4) is 5.75 Å². The summed E-state index contributed by atoms with van der Waals surface area (Å²) < 4.78 is 17.8. The Morgan fingerprint density at radius 2 is 1.75 bits per heavy atom. The molecule has 3 rings (SSSR count). The maximum absolute atomic E-state index is 6.29. The van der Waals surface area contributed by atoms with Gasteiger partial charge in [0.05, 0.1) is 22.3 Å². The van der Waals surface area contributed by atoms with Crippen LogP contribution in [0, 0.1) is 0 Å². The minimum Gasteiger partial charge on any atom is -0.489 e. The van der Waals surface area contributed by atoms with E-state index >= 15 is 0 Å². The van der Waals surface area contributed by atoms with Gasteiger partial charge in [-0.05, 0) is 58.1 Å². The fourth-order valence-electron chi connectivity index (χ4n) is 2.10. The lowest BCUT2D eigenvalue weighted by Gasteiger charge is -2.32. The van der Waals surface area contributed by atoms with Crippen LogP contribution in [0.15, 0.2) is 18.2 Å². The molecule has 0 aromatic heterocycles. The maximum atomic E-state index is 6.29. The molecule has 1 aliphatic carbocycles. The van der Waals surface area contributed by atoms with Crippen LogP contribution in [0.5, 0.6) is 5.75 Å². The summed E-state index contributed by atoms with van der Waals surface area (Å²) in [5.74, 6) is 0.745. The minimum atomic E-state index is -0.382. The van der Waals surface area contributed by atoms with Crippen LogP contribution in [0.2, 0.25) is 5.02 Å². The van der Waals surface area contributed by atoms with Crippen molar-refractivity contribution in [3.05, 3.63) is 23.2 Å². The molecule has 0 bridgehead atoms. The number of halogens is 1. The second-order valence-corrected chi connectivity index (χ2v) is 7.00. The van der Waals surface area contributed by atoms with E-state index in [1.165, 1.54) is 0 Å². The fraction of sp³-hybridized carbons (Fsp3) is 0.600. The summed E-state index contributed by atoms with van der Waals surface area (Å²) in [5.41, 5.74) is 0.248. The summed E-state index contributed by atoms with van der Waals surface area (Å²) in [7, 11) is -0.382. The van der Waals surface area contributed by atoms with E-state index in [0.717, 1.165) is 24.1 Å². The van der Waals surface area contributed by atoms with Gasteiger partial charge in [-0.25, -0.2) is 0 Å². The van der Waals surface area contributed by atoms with Gasteiger partial charge in [-0.15, -0.1) is 0 Å². The van der Waals surface area contributed by atoms with Crippen molar-refractivity contribution in [1.82, 2.24) is 0 Å². The molecule has 1 aromatic carbocycles. The Hall–Kier alpha value is -0.705. The maximum Gasteiger partial charge on any atom is 0.494 e. The van der Waals surface area contributed by atoms with Gasteiger partial charge < -0.3 is 14.0 Å². The van der Waals surface area contributed by atoms with Crippen LogP contribution >= 0.6 is 11.6 Å². The Morgan fingerprint density at radius 3 is 2.25 bits per heavy atom. The molecule has 1 saturated carbocycles. The highest BCUT2D eigenvalue weighted by molar-refractivity contribution is 6.62. The van der Waals surface area contributed by atoms with Crippen LogP contribution in [0.3, 0.4) is 0 Å². The van der Waals surface area contributed by atoms with E-state index < -0.39 is 0 Å². The Kier molecular flexibility index (Phi) is 3.31. The van der Waals surface area contributed by atoms with Crippen LogP contribution in [0.4, 0.5) is 0 Å². The van der Waals surface area contributed by atoms with Crippen molar-refractivity contribution in [2.75, 3.05) is 0 Å². The van der Waals surface area contributed by atoms with Crippen LogP contribution in [0.25, 0.3) is 0 Å². The van der Waals surface area contributed by atoms with Crippen molar-refractivity contribution in [2.45, 2.75) is 57.8 Å². The molecule has 0 unspecified atom stereocenters. The Labute approximate surface area is 125 Å². The van der Waals surface area contributed by atoms with E-state index in [1.807, 2.05) is 45.9 Å². The summed E-state index contributed by atoms with van der Waals surface area (Å²) in [5, 5.41) is 0.615. The smallest absolute Gasteiger partial charge is 0.489 e. The first-order valence-electron chi connectivity index (χ1n) is 7.10. The molecule has 1 aromatic rings. The Balaban J connectivity index is 1.79. The number of benzene rings is 1. The molecular formula is C15H20BClO3.